The van der Waals surface area contributed by atoms with E-state index in [9.17, 15) is 13.2 Å². The molecule has 2 aromatic heterocycles. The van der Waals surface area contributed by atoms with E-state index in [1.807, 2.05) is 6.92 Å². The molecule has 0 amide bonds. The molecule has 1 aromatic carbocycles. The molecule has 1 aliphatic heterocycles. The fourth-order valence-electron chi connectivity index (χ4n) is 2.91. The molecular formula is C17H14F3N3S. The number of benzene rings is 1. The lowest BCUT2D eigenvalue weighted by atomic mass is 10.1. The zero-order chi connectivity index (χ0) is 16.9. The zero-order valence-corrected chi connectivity index (χ0v) is 13.6. The number of hydrogen-bond acceptors (Lipinski definition) is 3. The first-order valence-electron chi connectivity index (χ1n) is 7.52. The van der Waals surface area contributed by atoms with E-state index in [1.165, 1.54) is 17.7 Å². The van der Waals surface area contributed by atoms with Gasteiger partial charge in [0.2, 0.25) is 0 Å². The van der Waals surface area contributed by atoms with Crippen molar-refractivity contribution in [2.24, 2.45) is 0 Å². The van der Waals surface area contributed by atoms with E-state index in [1.54, 1.807) is 16.0 Å². The molecule has 0 unspecified atom stereocenters. The summed E-state index contributed by atoms with van der Waals surface area (Å²) in [6.07, 6.45) is -3.47. The van der Waals surface area contributed by atoms with Crippen LogP contribution >= 0.6 is 11.3 Å². The first-order chi connectivity index (χ1) is 11.4. The number of halogens is 3. The Morgan fingerprint density at radius 1 is 1.21 bits per heavy atom. The van der Waals surface area contributed by atoms with Gasteiger partial charge in [-0.15, -0.1) is 11.3 Å². The van der Waals surface area contributed by atoms with Gasteiger partial charge in [0, 0.05) is 12.1 Å². The molecule has 7 heteroatoms. The molecule has 4 rings (SSSR count). The largest absolute Gasteiger partial charge is 0.416 e. The second-order valence-corrected chi connectivity index (χ2v) is 6.71. The number of nitrogens with one attached hydrogen (secondary N) is 1. The molecule has 3 aromatic rings. The summed E-state index contributed by atoms with van der Waals surface area (Å²) in [5.41, 5.74) is 3.17. The van der Waals surface area contributed by atoms with Gasteiger partial charge in [0.25, 0.3) is 0 Å². The lowest BCUT2D eigenvalue weighted by Crippen LogP contribution is -2.07. The second-order valence-electron chi connectivity index (χ2n) is 5.80. The second kappa shape index (κ2) is 5.37. The molecule has 1 N–H and O–H groups in total. The Labute approximate surface area is 140 Å². The molecule has 1 aliphatic rings. The van der Waals surface area contributed by atoms with Gasteiger partial charge >= 0.3 is 6.18 Å². The Hall–Kier alpha value is -2.28. The molecule has 0 atom stereocenters. The van der Waals surface area contributed by atoms with Gasteiger partial charge in [0.15, 0.2) is 0 Å². The Morgan fingerprint density at radius 2 is 1.96 bits per heavy atom. The zero-order valence-electron chi connectivity index (χ0n) is 12.8. The number of alkyl halides is 3. The highest BCUT2D eigenvalue weighted by atomic mass is 32.1. The van der Waals surface area contributed by atoms with Crippen LogP contribution in [0.4, 0.5) is 19.0 Å². The van der Waals surface area contributed by atoms with Crippen molar-refractivity contribution in [3.05, 3.63) is 52.4 Å². The van der Waals surface area contributed by atoms with Crippen LogP contribution in [-0.4, -0.2) is 16.3 Å². The summed E-state index contributed by atoms with van der Waals surface area (Å²) in [4.78, 5) is 1.08. The monoisotopic (exact) mass is 349 g/mol. The summed E-state index contributed by atoms with van der Waals surface area (Å²) >= 11 is 1.63. The summed E-state index contributed by atoms with van der Waals surface area (Å²) in [5.74, 6) is 0.871. The van der Waals surface area contributed by atoms with E-state index in [4.69, 9.17) is 0 Å². The average Bonchev–Trinajstić information content (AvgIpc) is 3.22. The standard InChI is InChI=1S/C17H14F3N3S/c1-10-8-14(24-9-10)15-13-6-7-21-16(13)23(22-15)12-4-2-11(3-5-12)17(18,19)20/h2-5,8-9,21H,6-7H2,1H3. The quantitative estimate of drug-likeness (QED) is 0.713. The number of fused-ring (bicyclic) bond motifs is 1. The first-order valence-corrected chi connectivity index (χ1v) is 8.40. The maximum atomic E-state index is 12.7. The number of aromatic nitrogens is 2. The van der Waals surface area contributed by atoms with Gasteiger partial charge in [0.1, 0.15) is 11.5 Å². The highest BCUT2D eigenvalue weighted by Gasteiger charge is 2.30. The van der Waals surface area contributed by atoms with Gasteiger partial charge in [-0.2, -0.15) is 18.3 Å². The van der Waals surface area contributed by atoms with Crippen LogP contribution in [0.25, 0.3) is 16.3 Å². The van der Waals surface area contributed by atoms with Crippen LogP contribution in [-0.2, 0) is 12.6 Å². The molecular weight excluding hydrogens is 335 g/mol. The Balaban J connectivity index is 1.79. The van der Waals surface area contributed by atoms with Gasteiger partial charge in [-0.25, -0.2) is 4.68 Å². The van der Waals surface area contributed by atoms with Gasteiger partial charge < -0.3 is 5.32 Å². The minimum atomic E-state index is -4.33. The van der Waals surface area contributed by atoms with Gasteiger partial charge in [0.05, 0.1) is 16.1 Å². The van der Waals surface area contributed by atoms with E-state index < -0.39 is 11.7 Å². The highest BCUT2D eigenvalue weighted by Crippen LogP contribution is 2.37. The normalized spacial score (nSPS) is 13.8. The lowest BCUT2D eigenvalue weighted by Gasteiger charge is -2.09. The molecule has 3 heterocycles. The molecule has 0 radical (unpaired) electrons. The number of anilines is 1. The van der Waals surface area contributed by atoms with Gasteiger partial charge in [-0.1, -0.05) is 0 Å². The summed E-state index contributed by atoms with van der Waals surface area (Å²) in [5, 5.41) is 10.0. The summed E-state index contributed by atoms with van der Waals surface area (Å²) in [6, 6.07) is 7.18. The summed E-state index contributed by atoms with van der Waals surface area (Å²) in [7, 11) is 0. The van der Waals surface area contributed by atoms with E-state index in [2.05, 4.69) is 21.9 Å². The maximum absolute atomic E-state index is 12.7. The van der Waals surface area contributed by atoms with Crippen LogP contribution in [0.1, 0.15) is 16.7 Å². The van der Waals surface area contributed by atoms with Crippen LogP contribution in [0.3, 0.4) is 0 Å². The van der Waals surface area contributed by atoms with Crippen molar-refractivity contribution < 1.29 is 13.2 Å². The third kappa shape index (κ3) is 2.49. The van der Waals surface area contributed by atoms with Crippen LogP contribution in [0.5, 0.6) is 0 Å². The summed E-state index contributed by atoms with van der Waals surface area (Å²) < 4.78 is 39.9. The number of hydrogen-bond donors (Lipinski definition) is 1. The van der Waals surface area contributed by atoms with E-state index in [0.29, 0.717) is 5.69 Å². The Bertz CT molecular complexity index is 891. The lowest BCUT2D eigenvalue weighted by molar-refractivity contribution is -0.137. The van der Waals surface area contributed by atoms with Crippen molar-refractivity contribution in [3.63, 3.8) is 0 Å². The van der Waals surface area contributed by atoms with Crippen molar-refractivity contribution in [2.45, 2.75) is 19.5 Å². The minimum absolute atomic E-state index is 0.619. The fraction of sp³-hybridized carbons (Fsp3) is 0.235. The fourth-order valence-corrected chi connectivity index (χ4v) is 3.82. The highest BCUT2D eigenvalue weighted by molar-refractivity contribution is 7.13. The van der Waals surface area contributed by atoms with Gasteiger partial charge in [-0.3, -0.25) is 0 Å². The number of nitrogens with zero attached hydrogens (tertiary/aromatic N) is 2. The third-order valence-electron chi connectivity index (χ3n) is 4.05. The van der Waals surface area contributed by atoms with Crippen LogP contribution in [0.2, 0.25) is 0 Å². The predicted molar refractivity (Wildman–Crippen MR) is 88.8 cm³/mol. The van der Waals surface area contributed by atoms with E-state index in [-0.39, 0.29) is 0 Å². The average molecular weight is 349 g/mol. The van der Waals surface area contributed by atoms with Crippen molar-refractivity contribution >= 4 is 17.2 Å². The predicted octanol–water partition coefficient (Wildman–Crippen LogP) is 4.90. The number of aryl methyl sites for hydroxylation is 1. The number of thiophene rings is 1. The molecule has 0 bridgehead atoms. The molecule has 0 saturated carbocycles. The molecule has 0 fully saturated rings. The summed E-state index contributed by atoms with van der Waals surface area (Å²) in [6.45, 7) is 2.84. The molecule has 0 spiro atoms. The van der Waals surface area contributed by atoms with Crippen molar-refractivity contribution in [2.75, 3.05) is 11.9 Å². The van der Waals surface area contributed by atoms with Crippen LogP contribution in [0.15, 0.2) is 35.7 Å². The van der Waals surface area contributed by atoms with Crippen molar-refractivity contribution in [1.29, 1.82) is 0 Å². The SMILES string of the molecule is Cc1csc(-c2nn(-c3ccc(C(F)(F)F)cc3)c3c2CCN3)c1. The number of rotatable bonds is 2. The smallest absolute Gasteiger partial charge is 0.369 e. The van der Waals surface area contributed by atoms with Crippen molar-refractivity contribution in [1.82, 2.24) is 9.78 Å². The molecule has 0 saturated heterocycles. The van der Waals surface area contributed by atoms with Crippen LogP contribution < -0.4 is 5.32 Å². The molecule has 124 valence electrons. The maximum Gasteiger partial charge on any atom is 0.416 e. The third-order valence-corrected chi connectivity index (χ3v) is 5.11. The van der Waals surface area contributed by atoms with Gasteiger partial charge in [-0.05, 0) is 54.6 Å². The molecule has 0 aliphatic carbocycles. The molecule has 3 nitrogen and oxygen atoms in total. The van der Waals surface area contributed by atoms with E-state index in [0.717, 1.165) is 47.1 Å². The first kappa shape index (κ1) is 15.3. The van der Waals surface area contributed by atoms with Crippen LogP contribution in [0, 0.1) is 6.92 Å². The molecule has 24 heavy (non-hydrogen) atoms. The minimum Gasteiger partial charge on any atom is -0.369 e. The van der Waals surface area contributed by atoms with Crippen molar-refractivity contribution in [3.8, 4) is 16.3 Å². The Kier molecular flexibility index (Phi) is 3.42. The topological polar surface area (TPSA) is 29.9 Å². The van der Waals surface area contributed by atoms with E-state index >= 15 is 0 Å². The Morgan fingerprint density at radius 3 is 2.58 bits per heavy atom.